The lowest BCUT2D eigenvalue weighted by Gasteiger charge is -2.37. The number of nitriles is 1. The van der Waals surface area contributed by atoms with Crippen molar-refractivity contribution in [2.75, 3.05) is 13.2 Å². The maximum Gasteiger partial charge on any atom is 0.248 e. The van der Waals surface area contributed by atoms with Crippen molar-refractivity contribution in [2.24, 2.45) is 0 Å². The highest BCUT2D eigenvalue weighted by Crippen LogP contribution is 2.41. The van der Waals surface area contributed by atoms with E-state index in [9.17, 15) is 10.1 Å². The number of ketones is 1. The molecule has 0 spiro atoms. The van der Waals surface area contributed by atoms with E-state index in [4.69, 9.17) is 9.47 Å². The summed E-state index contributed by atoms with van der Waals surface area (Å²) in [6.45, 7) is 6.45. The molecule has 0 fully saturated rings. The van der Waals surface area contributed by atoms with Crippen LogP contribution in [-0.4, -0.2) is 24.6 Å². The van der Waals surface area contributed by atoms with Gasteiger partial charge in [-0.15, -0.1) is 0 Å². The molecule has 1 aliphatic carbocycles. The molecular weight excluding hydrogens is 218 g/mol. The number of carbonyl (C=O) groups excluding carboxylic acids is 1. The first-order valence-corrected chi connectivity index (χ1v) is 6.14. The Bertz CT molecular complexity index is 367. The molecule has 0 aromatic rings. The van der Waals surface area contributed by atoms with E-state index >= 15 is 0 Å². The molecule has 0 saturated heterocycles. The zero-order chi connectivity index (χ0) is 12.9. The van der Waals surface area contributed by atoms with Gasteiger partial charge in [0.25, 0.3) is 0 Å². The van der Waals surface area contributed by atoms with Crippen LogP contribution in [-0.2, 0) is 14.3 Å². The Labute approximate surface area is 102 Å². The summed E-state index contributed by atoms with van der Waals surface area (Å²) in [6, 6.07) is 2.00. The Morgan fingerprint density at radius 2 is 2.00 bits per heavy atom. The number of hydrogen-bond donors (Lipinski definition) is 0. The summed E-state index contributed by atoms with van der Waals surface area (Å²) in [7, 11) is 0. The third-order valence-electron chi connectivity index (χ3n) is 2.81. The molecule has 0 N–H and O–H groups in total. The van der Waals surface area contributed by atoms with E-state index in [-0.39, 0.29) is 5.78 Å². The number of unbranched alkanes of at least 4 members (excludes halogenated alkanes) is 1. The molecule has 0 aromatic carbocycles. The number of Topliss-reactive ketones (excluding diaryl/α,β-unsaturated/α-hetero) is 1. The Kier molecular flexibility index (Phi) is 4.71. The molecule has 0 radical (unpaired) electrons. The standard InChI is InChI=1S/C13H19NO3/c1-4-7-8-10-11(16-5-2)12(15)13(10,9-14)17-6-3/h4-8H2,1-3H3. The van der Waals surface area contributed by atoms with Gasteiger partial charge in [0.15, 0.2) is 5.76 Å². The molecule has 4 heteroatoms. The highest BCUT2D eigenvalue weighted by atomic mass is 16.5. The maximum atomic E-state index is 11.9. The molecule has 1 aliphatic rings. The molecule has 17 heavy (non-hydrogen) atoms. The number of carbonyl (C=O) groups is 1. The first kappa shape index (κ1) is 13.7. The number of rotatable bonds is 7. The lowest BCUT2D eigenvalue weighted by Crippen LogP contribution is -2.52. The highest BCUT2D eigenvalue weighted by Gasteiger charge is 2.56. The van der Waals surface area contributed by atoms with E-state index in [1.54, 1.807) is 6.92 Å². The molecule has 0 amide bonds. The summed E-state index contributed by atoms with van der Waals surface area (Å²) in [5.41, 5.74) is -0.649. The molecule has 0 saturated carbocycles. The topological polar surface area (TPSA) is 59.3 Å². The van der Waals surface area contributed by atoms with Gasteiger partial charge in [0.05, 0.1) is 6.61 Å². The van der Waals surface area contributed by atoms with E-state index < -0.39 is 5.60 Å². The minimum atomic E-state index is -1.37. The van der Waals surface area contributed by atoms with E-state index in [0.717, 1.165) is 18.4 Å². The quantitative estimate of drug-likeness (QED) is 0.682. The molecule has 0 bridgehead atoms. The number of hydrogen-bond acceptors (Lipinski definition) is 4. The molecule has 94 valence electrons. The predicted octanol–water partition coefficient (Wildman–Crippen LogP) is 2.35. The van der Waals surface area contributed by atoms with Crippen LogP contribution in [0.5, 0.6) is 0 Å². The van der Waals surface area contributed by atoms with Crippen molar-refractivity contribution in [3.8, 4) is 6.07 Å². The summed E-state index contributed by atoms with van der Waals surface area (Å²) in [5.74, 6) is 0.0192. The van der Waals surface area contributed by atoms with Crippen LogP contribution < -0.4 is 0 Å². The molecule has 0 aromatic heterocycles. The smallest absolute Gasteiger partial charge is 0.248 e. The lowest BCUT2D eigenvalue weighted by molar-refractivity contribution is -0.139. The fourth-order valence-electron chi connectivity index (χ4n) is 1.99. The predicted molar refractivity (Wildman–Crippen MR) is 63.2 cm³/mol. The average Bonchev–Trinajstić information content (AvgIpc) is 2.35. The molecule has 1 atom stereocenters. The van der Waals surface area contributed by atoms with Gasteiger partial charge in [-0.3, -0.25) is 4.79 Å². The van der Waals surface area contributed by atoms with Gasteiger partial charge in [-0.25, -0.2) is 0 Å². The minimum Gasteiger partial charge on any atom is -0.490 e. The second kappa shape index (κ2) is 5.83. The van der Waals surface area contributed by atoms with Crippen molar-refractivity contribution in [1.82, 2.24) is 0 Å². The Balaban J connectivity index is 3.00. The van der Waals surface area contributed by atoms with Crippen molar-refractivity contribution < 1.29 is 14.3 Å². The van der Waals surface area contributed by atoms with Crippen molar-refractivity contribution >= 4 is 5.78 Å². The summed E-state index contributed by atoms with van der Waals surface area (Å²) in [6.07, 6.45) is 2.62. The van der Waals surface area contributed by atoms with Gasteiger partial charge in [-0.05, 0) is 26.7 Å². The van der Waals surface area contributed by atoms with Gasteiger partial charge in [0.2, 0.25) is 11.4 Å². The van der Waals surface area contributed by atoms with Gasteiger partial charge in [0.1, 0.15) is 6.07 Å². The summed E-state index contributed by atoms with van der Waals surface area (Å²) in [4.78, 5) is 11.9. The lowest BCUT2D eigenvalue weighted by atomic mass is 9.75. The first-order chi connectivity index (χ1) is 8.17. The summed E-state index contributed by atoms with van der Waals surface area (Å²) >= 11 is 0. The fourth-order valence-corrected chi connectivity index (χ4v) is 1.99. The fraction of sp³-hybridized carbons (Fsp3) is 0.692. The molecule has 1 unspecified atom stereocenters. The average molecular weight is 237 g/mol. The second-order valence-corrected chi connectivity index (χ2v) is 3.90. The normalized spacial score (nSPS) is 23.3. The Morgan fingerprint density at radius 1 is 1.29 bits per heavy atom. The first-order valence-electron chi connectivity index (χ1n) is 6.14. The second-order valence-electron chi connectivity index (χ2n) is 3.90. The summed E-state index contributed by atoms with van der Waals surface area (Å²) < 4.78 is 10.7. The third-order valence-corrected chi connectivity index (χ3v) is 2.81. The monoisotopic (exact) mass is 237 g/mol. The number of ether oxygens (including phenoxy) is 2. The SMILES string of the molecule is CCCCC1=C(OCC)C(=O)C1(C#N)OCC. The van der Waals surface area contributed by atoms with Crippen LogP contribution in [0.4, 0.5) is 0 Å². The van der Waals surface area contributed by atoms with Gasteiger partial charge >= 0.3 is 0 Å². The maximum absolute atomic E-state index is 11.9. The van der Waals surface area contributed by atoms with Crippen molar-refractivity contribution in [3.63, 3.8) is 0 Å². The van der Waals surface area contributed by atoms with E-state index in [2.05, 4.69) is 6.92 Å². The van der Waals surface area contributed by atoms with Crippen molar-refractivity contribution in [3.05, 3.63) is 11.3 Å². The van der Waals surface area contributed by atoms with Crippen LogP contribution in [0.25, 0.3) is 0 Å². The third kappa shape index (κ3) is 2.20. The van der Waals surface area contributed by atoms with E-state index in [1.165, 1.54) is 0 Å². The van der Waals surface area contributed by atoms with Crippen LogP contribution in [0.3, 0.4) is 0 Å². The van der Waals surface area contributed by atoms with Crippen LogP contribution in [0.2, 0.25) is 0 Å². The summed E-state index contributed by atoms with van der Waals surface area (Å²) in [5, 5.41) is 9.21. The highest BCUT2D eigenvalue weighted by molar-refractivity contribution is 6.13. The Hall–Kier alpha value is -1.34. The van der Waals surface area contributed by atoms with Gasteiger partial charge in [-0.2, -0.15) is 5.26 Å². The molecule has 4 nitrogen and oxygen atoms in total. The van der Waals surface area contributed by atoms with Crippen molar-refractivity contribution in [2.45, 2.75) is 45.6 Å². The van der Waals surface area contributed by atoms with Crippen LogP contribution in [0.15, 0.2) is 11.3 Å². The number of nitrogens with zero attached hydrogens (tertiary/aromatic N) is 1. The van der Waals surface area contributed by atoms with Gasteiger partial charge in [0, 0.05) is 12.2 Å². The largest absolute Gasteiger partial charge is 0.490 e. The van der Waals surface area contributed by atoms with Gasteiger partial charge in [-0.1, -0.05) is 13.3 Å². The van der Waals surface area contributed by atoms with Crippen LogP contribution in [0.1, 0.15) is 40.0 Å². The molecule has 0 heterocycles. The Morgan fingerprint density at radius 3 is 2.47 bits per heavy atom. The van der Waals surface area contributed by atoms with E-state index in [1.807, 2.05) is 13.0 Å². The molecule has 1 rings (SSSR count). The zero-order valence-corrected chi connectivity index (χ0v) is 10.7. The van der Waals surface area contributed by atoms with Crippen LogP contribution in [0, 0.1) is 11.3 Å². The van der Waals surface area contributed by atoms with Crippen LogP contribution >= 0.6 is 0 Å². The molecular formula is C13H19NO3. The van der Waals surface area contributed by atoms with E-state index in [0.29, 0.717) is 25.4 Å². The molecule has 0 aliphatic heterocycles. The van der Waals surface area contributed by atoms with Gasteiger partial charge < -0.3 is 9.47 Å². The minimum absolute atomic E-state index is 0.324. The van der Waals surface area contributed by atoms with Crippen molar-refractivity contribution in [1.29, 1.82) is 5.26 Å². The zero-order valence-electron chi connectivity index (χ0n) is 10.7.